The van der Waals surface area contributed by atoms with Gasteiger partial charge >= 0.3 is 12.1 Å². The zero-order chi connectivity index (χ0) is 35.3. The number of urea groups is 1. The summed E-state index contributed by atoms with van der Waals surface area (Å²) in [4.78, 5) is 50.0. The molecule has 1 unspecified atom stereocenters. The quantitative estimate of drug-likeness (QED) is 0.115. The molecule has 49 heavy (non-hydrogen) atoms. The topological polar surface area (TPSA) is 166 Å². The van der Waals surface area contributed by atoms with Crippen LogP contribution in [0.1, 0.15) is 53.4 Å². The number of carbonyl (C=O) groups excluding carboxylic acids is 3. The fourth-order valence-electron chi connectivity index (χ4n) is 5.01. The van der Waals surface area contributed by atoms with Gasteiger partial charge in [0.25, 0.3) is 0 Å². The lowest BCUT2D eigenvalue weighted by Gasteiger charge is -2.33. The van der Waals surface area contributed by atoms with Gasteiger partial charge < -0.3 is 35.8 Å². The summed E-state index contributed by atoms with van der Waals surface area (Å²) in [6.07, 6.45) is -1.87. The zero-order valence-electron chi connectivity index (χ0n) is 28.0. The van der Waals surface area contributed by atoms with Crippen LogP contribution in [0, 0.1) is 0 Å². The van der Waals surface area contributed by atoms with E-state index in [2.05, 4.69) is 39.8 Å². The van der Waals surface area contributed by atoms with Gasteiger partial charge in [0, 0.05) is 24.5 Å². The standard InChI is InChI=1S/C35H44N6O6S2/c1-22(2)33-38-26(20-48-33)18-41(4)34(45)37-23(3)32(44)39-28(15-24-11-7-5-8-12-24)30(42)31(43)29(16-25-13-9-6-10-14-25)40-35(46)47-19-27-17-36-21-49-27/h5-14,17,20-23,28-31,42-43H,15-16,18-19H2,1-4H3,(H,37,45)(H,39,44)(H,40,46)/t23-,28+,29+,30+,31?/m1/s1. The minimum absolute atomic E-state index is 0.00144. The molecule has 12 nitrogen and oxygen atoms in total. The van der Waals surface area contributed by atoms with Crippen molar-refractivity contribution in [3.8, 4) is 0 Å². The van der Waals surface area contributed by atoms with Crippen molar-refractivity contribution in [1.82, 2.24) is 30.8 Å². The first-order valence-electron chi connectivity index (χ1n) is 16.0. The molecule has 0 spiro atoms. The van der Waals surface area contributed by atoms with Gasteiger partial charge in [-0.2, -0.15) is 0 Å². The third kappa shape index (κ3) is 11.6. The Bertz CT molecular complexity index is 1610. The van der Waals surface area contributed by atoms with Crippen LogP contribution < -0.4 is 16.0 Å². The highest BCUT2D eigenvalue weighted by Gasteiger charge is 2.35. The molecule has 0 radical (unpaired) electrons. The number of amides is 4. The van der Waals surface area contributed by atoms with Crippen LogP contribution in [0.15, 0.2) is 77.8 Å². The minimum Gasteiger partial charge on any atom is -0.444 e. The highest BCUT2D eigenvalue weighted by molar-refractivity contribution is 7.09. The summed E-state index contributed by atoms with van der Waals surface area (Å²) in [5, 5.41) is 34.3. The van der Waals surface area contributed by atoms with Crippen LogP contribution in [-0.4, -0.2) is 80.5 Å². The van der Waals surface area contributed by atoms with Crippen molar-refractivity contribution in [1.29, 1.82) is 0 Å². The lowest BCUT2D eigenvalue weighted by molar-refractivity contribution is -0.125. The molecule has 2 aromatic heterocycles. The van der Waals surface area contributed by atoms with Crippen LogP contribution in [0.5, 0.6) is 0 Å². The Balaban J connectivity index is 1.45. The zero-order valence-corrected chi connectivity index (χ0v) is 29.6. The van der Waals surface area contributed by atoms with E-state index in [0.29, 0.717) is 0 Å². The number of benzene rings is 2. The Morgan fingerprint density at radius 3 is 1.98 bits per heavy atom. The van der Waals surface area contributed by atoms with E-state index in [1.54, 1.807) is 25.7 Å². The van der Waals surface area contributed by atoms with Gasteiger partial charge in [0.1, 0.15) is 24.9 Å². The fraction of sp³-hybridized carbons (Fsp3) is 0.400. The molecule has 4 rings (SSSR count). The number of hydrogen-bond acceptors (Lipinski definition) is 10. The van der Waals surface area contributed by atoms with Gasteiger partial charge in [-0.25, -0.2) is 14.6 Å². The van der Waals surface area contributed by atoms with E-state index in [4.69, 9.17) is 4.74 Å². The minimum atomic E-state index is -1.52. The van der Waals surface area contributed by atoms with Gasteiger partial charge in [-0.1, -0.05) is 74.5 Å². The van der Waals surface area contributed by atoms with Gasteiger partial charge in [-0.05, 0) is 30.9 Å². The first kappa shape index (κ1) is 37.4. The highest BCUT2D eigenvalue weighted by atomic mass is 32.1. The van der Waals surface area contributed by atoms with Crippen LogP contribution >= 0.6 is 22.7 Å². The molecule has 14 heteroatoms. The second-order valence-electron chi connectivity index (χ2n) is 12.1. The third-order valence-electron chi connectivity index (χ3n) is 7.77. The summed E-state index contributed by atoms with van der Waals surface area (Å²) in [5.74, 6) is -0.270. The summed E-state index contributed by atoms with van der Waals surface area (Å²) < 4.78 is 5.35. The van der Waals surface area contributed by atoms with Crippen molar-refractivity contribution < 1.29 is 29.3 Å². The second kappa shape index (κ2) is 18.4. The van der Waals surface area contributed by atoms with Gasteiger partial charge in [-0.15, -0.1) is 22.7 Å². The number of carbonyl (C=O) groups is 3. The number of aliphatic hydroxyl groups is 2. The number of hydrogen-bond donors (Lipinski definition) is 5. The molecule has 4 aromatic rings. The van der Waals surface area contributed by atoms with E-state index in [0.717, 1.165) is 26.7 Å². The lowest BCUT2D eigenvalue weighted by atomic mass is 9.91. The summed E-state index contributed by atoms with van der Waals surface area (Å²) in [7, 11) is 1.62. The summed E-state index contributed by atoms with van der Waals surface area (Å²) in [5.41, 5.74) is 4.00. The van der Waals surface area contributed by atoms with Crippen molar-refractivity contribution in [2.45, 2.75) is 83.0 Å². The predicted octanol–water partition coefficient (Wildman–Crippen LogP) is 4.24. The number of thiazole rings is 2. The number of alkyl carbamates (subject to hydrolysis) is 1. The largest absolute Gasteiger partial charge is 0.444 e. The average molecular weight is 709 g/mol. The molecule has 4 amide bonds. The van der Waals surface area contributed by atoms with Crippen molar-refractivity contribution in [2.75, 3.05) is 7.05 Å². The molecule has 0 bridgehead atoms. The maximum atomic E-state index is 13.5. The average Bonchev–Trinajstić information content (AvgIpc) is 3.80. The molecule has 0 aliphatic rings. The Hall–Kier alpha value is -4.37. The maximum absolute atomic E-state index is 13.5. The number of nitrogens with zero attached hydrogens (tertiary/aromatic N) is 3. The summed E-state index contributed by atoms with van der Waals surface area (Å²) in [6.45, 7) is 5.93. The van der Waals surface area contributed by atoms with Crippen LogP contribution in [0.4, 0.5) is 9.59 Å². The van der Waals surface area contributed by atoms with E-state index < -0.39 is 48.4 Å². The smallest absolute Gasteiger partial charge is 0.407 e. The molecule has 2 aromatic carbocycles. The molecule has 0 saturated carbocycles. The predicted molar refractivity (Wildman–Crippen MR) is 189 cm³/mol. The number of rotatable bonds is 16. The van der Waals surface area contributed by atoms with Crippen molar-refractivity contribution in [3.63, 3.8) is 0 Å². The molecular formula is C35H44N6O6S2. The van der Waals surface area contributed by atoms with Gasteiger partial charge in [0.05, 0.1) is 39.7 Å². The van der Waals surface area contributed by atoms with Crippen molar-refractivity contribution >= 4 is 40.7 Å². The van der Waals surface area contributed by atoms with Crippen molar-refractivity contribution in [2.24, 2.45) is 0 Å². The first-order valence-corrected chi connectivity index (χ1v) is 17.8. The second-order valence-corrected chi connectivity index (χ2v) is 14.0. The van der Waals surface area contributed by atoms with Gasteiger partial charge in [0.15, 0.2) is 0 Å². The molecule has 0 fully saturated rings. The molecule has 2 heterocycles. The third-order valence-corrected chi connectivity index (χ3v) is 9.72. The Morgan fingerprint density at radius 2 is 1.45 bits per heavy atom. The molecule has 0 aliphatic heterocycles. The summed E-state index contributed by atoms with van der Waals surface area (Å²) >= 11 is 2.88. The van der Waals surface area contributed by atoms with E-state index in [1.807, 2.05) is 66.0 Å². The number of aliphatic hydroxyl groups excluding tert-OH is 2. The molecule has 0 saturated heterocycles. The molecule has 262 valence electrons. The molecular weight excluding hydrogens is 665 g/mol. The van der Waals surface area contributed by atoms with Crippen LogP contribution in [0.3, 0.4) is 0 Å². The van der Waals surface area contributed by atoms with Gasteiger partial charge in [0.2, 0.25) is 5.91 Å². The highest BCUT2D eigenvalue weighted by Crippen LogP contribution is 2.20. The molecule has 5 N–H and O–H groups in total. The first-order chi connectivity index (χ1) is 23.5. The van der Waals surface area contributed by atoms with Crippen molar-refractivity contribution in [3.05, 3.63) is 104 Å². The van der Waals surface area contributed by atoms with E-state index in [-0.39, 0.29) is 31.9 Å². The lowest BCUT2D eigenvalue weighted by Crippen LogP contribution is -2.59. The van der Waals surface area contributed by atoms with Gasteiger partial charge in [-0.3, -0.25) is 9.78 Å². The Morgan fingerprint density at radius 1 is 0.857 bits per heavy atom. The SMILES string of the molecule is CC(C)c1nc(CN(C)C(=O)N[C@H](C)C(=O)N[C@@H](Cc2ccccc2)[C@H](O)C(O)[C@H](Cc2ccccc2)NC(=O)OCc2cncs2)cs1. The Labute approximate surface area is 294 Å². The monoisotopic (exact) mass is 708 g/mol. The Kier molecular flexibility index (Phi) is 14.1. The van der Waals surface area contributed by atoms with E-state index in [9.17, 15) is 24.6 Å². The normalized spacial score (nSPS) is 14.3. The molecule has 0 aliphatic carbocycles. The van der Waals surface area contributed by atoms with Crippen LogP contribution in [0.25, 0.3) is 0 Å². The van der Waals surface area contributed by atoms with E-state index in [1.165, 1.54) is 27.6 Å². The number of nitrogens with one attached hydrogen (secondary N) is 3. The summed E-state index contributed by atoms with van der Waals surface area (Å²) in [6, 6.07) is 15.0. The molecule has 5 atom stereocenters. The number of aromatic nitrogens is 2. The van der Waals surface area contributed by atoms with Crippen LogP contribution in [-0.2, 0) is 35.5 Å². The number of ether oxygens (including phenoxy) is 1. The maximum Gasteiger partial charge on any atom is 0.407 e. The fourth-order valence-corrected chi connectivity index (χ4v) is 6.35. The van der Waals surface area contributed by atoms with Crippen LogP contribution in [0.2, 0.25) is 0 Å². The van der Waals surface area contributed by atoms with E-state index >= 15 is 0 Å².